The Morgan fingerprint density at radius 3 is 2.39 bits per heavy atom. The van der Waals surface area contributed by atoms with E-state index in [0.29, 0.717) is 5.70 Å². The lowest BCUT2D eigenvalue weighted by molar-refractivity contribution is -0.403. The van der Waals surface area contributed by atoms with E-state index in [4.69, 9.17) is 13.9 Å². The molecule has 1 aliphatic rings. The van der Waals surface area contributed by atoms with Gasteiger partial charge in [-0.2, -0.15) is 4.58 Å². The fraction of sp³-hybridized carbons (Fsp3) is 0.188. The number of allylic oxidation sites excluding steroid dienone is 2. The van der Waals surface area contributed by atoms with Crippen LogP contribution in [-0.2, 0) is 19.1 Å². The normalized spacial score (nSPS) is 15.3. The molecule has 1 aromatic rings. The fourth-order valence-corrected chi connectivity index (χ4v) is 2.18. The second-order valence-electron chi connectivity index (χ2n) is 4.62. The Kier molecular flexibility index (Phi) is 4.49. The van der Waals surface area contributed by atoms with Gasteiger partial charge in [0.2, 0.25) is 5.70 Å². The zero-order valence-electron chi connectivity index (χ0n) is 12.9. The summed E-state index contributed by atoms with van der Waals surface area (Å²) in [5.41, 5.74) is 0.437. The maximum Gasteiger partial charge on any atom is 0.345 e. The first-order valence-electron chi connectivity index (χ1n) is 6.57. The van der Waals surface area contributed by atoms with E-state index >= 15 is 0 Å². The lowest BCUT2D eigenvalue weighted by Crippen LogP contribution is -2.15. The molecule has 0 fully saturated rings. The molecule has 0 unspecified atom stereocenters. The molecule has 0 N–H and O–H groups in total. The summed E-state index contributed by atoms with van der Waals surface area (Å²) in [6, 6.07) is 3.05. The van der Waals surface area contributed by atoms with Gasteiger partial charge < -0.3 is 19.0 Å². The molecule has 0 spiro atoms. The van der Waals surface area contributed by atoms with Gasteiger partial charge in [0.1, 0.15) is 18.1 Å². The number of nitrogens with zero attached hydrogens (tertiary/aromatic N) is 1. The highest BCUT2D eigenvalue weighted by Gasteiger charge is 2.41. The Hall–Kier alpha value is -3.09. The third-order valence-electron chi connectivity index (χ3n) is 3.37. The second-order valence-corrected chi connectivity index (χ2v) is 4.62. The Morgan fingerprint density at radius 1 is 1.26 bits per heavy atom. The molecular formula is C16H15NO6. The maximum absolute atomic E-state index is 12.2. The molecule has 0 bridgehead atoms. The number of furan rings is 1. The van der Waals surface area contributed by atoms with Crippen molar-refractivity contribution in [2.75, 3.05) is 14.2 Å². The highest BCUT2D eigenvalue weighted by atomic mass is 16.5. The van der Waals surface area contributed by atoms with Gasteiger partial charge in [0.15, 0.2) is 11.3 Å². The molecule has 1 aromatic heterocycles. The number of carbonyl (C=O) groups excluding carboxylic acids is 2. The second kappa shape index (κ2) is 6.35. The van der Waals surface area contributed by atoms with Crippen LogP contribution in [0.15, 0.2) is 51.4 Å². The summed E-state index contributed by atoms with van der Waals surface area (Å²) in [6.45, 7) is 5.34. The van der Waals surface area contributed by atoms with Crippen LogP contribution in [0.4, 0.5) is 0 Å². The quantitative estimate of drug-likeness (QED) is 0.458. The molecule has 2 rings (SSSR count). The third kappa shape index (κ3) is 2.80. The molecule has 1 aliphatic heterocycles. The predicted octanol–water partition coefficient (Wildman–Crippen LogP) is 0.582. The van der Waals surface area contributed by atoms with Gasteiger partial charge in [0, 0.05) is 13.0 Å². The van der Waals surface area contributed by atoms with E-state index in [-0.39, 0.29) is 22.6 Å². The first kappa shape index (κ1) is 16.3. The molecule has 7 nitrogen and oxygen atoms in total. The Balaban J connectivity index is 2.62. The van der Waals surface area contributed by atoms with Gasteiger partial charge in [-0.05, 0) is 12.1 Å². The first-order chi connectivity index (χ1) is 10.9. The molecule has 7 heteroatoms. The summed E-state index contributed by atoms with van der Waals surface area (Å²) >= 11 is 0. The largest absolute Gasteiger partial charge is 0.870 e. The van der Waals surface area contributed by atoms with E-state index in [1.807, 2.05) is 0 Å². The van der Waals surface area contributed by atoms with E-state index in [1.54, 1.807) is 13.0 Å². The van der Waals surface area contributed by atoms with Crippen LogP contribution in [0.2, 0.25) is 0 Å². The Bertz CT molecular complexity index is 765. The smallest absolute Gasteiger partial charge is 0.345 e. The Labute approximate surface area is 132 Å². The third-order valence-corrected chi connectivity index (χ3v) is 3.37. The van der Waals surface area contributed by atoms with E-state index in [0.717, 1.165) is 6.08 Å². The number of methoxy groups -OCH3 is 2. The van der Waals surface area contributed by atoms with Crippen LogP contribution in [-0.4, -0.2) is 37.5 Å². The summed E-state index contributed by atoms with van der Waals surface area (Å²) in [7, 11) is 2.37. The van der Waals surface area contributed by atoms with Gasteiger partial charge in [-0.15, -0.1) is 0 Å². The lowest BCUT2D eigenvalue weighted by Gasteiger charge is -2.08. The molecule has 0 saturated carbocycles. The minimum Gasteiger partial charge on any atom is -0.870 e. The van der Waals surface area contributed by atoms with E-state index < -0.39 is 17.7 Å². The number of hydrogen-bond acceptors (Lipinski definition) is 6. The summed E-state index contributed by atoms with van der Waals surface area (Å²) < 4.78 is 15.7. The first-order valence-corrected chi connectivity index (χ1v) is 6.57. The minimum atomic E-state index is -0.769. The number of hydrogen-bond donors (Lipinski definition) is 0. The standard InChI is InChI=1S/C16H15NO6/c1-9-13(15(19)21-3)14(16(20)22-4)10(17(9)2)8-11(18)12-6-5-7-23-12/h5-8H,2H2,1,3-4H3. The number of esters is 2. The lowest BCUT2D eigenvalue weighted by atomic mass is 10.1. The van der Waals surface area contributed by atoms with E-state index in [2.05, 4.69) is 6.72 Å². The van der Waals surface area contributed by atoms with Crippen LogP contribution in [0.3, 0.4) is 0 Å². The SMILES string of the molecule is C=[N+]1C(C)=C(C(=O)OC)C(C(=O)OC)=C1/C=C(\[O-])c1ccco1. The predicted molar refractivity (Wildman–Crippen MR) is 77.8 cm³/mol. The minimum absolute atomic E-state index is 0.00726. The zero-order valence-corrected chi connectivity index (χ0v) is 12.9. The van der Waals surface area contributed by atoms with Gasteiger partial charge in [0.05, 0.1) is 20.5 Å². The summed E-state index contributed by atoms with van der Waals surface area (Å²) in [5, 5.41) is 12.2. The van der Waals surface area contributed by atoms with Crippen LogP contribution in [0.25, 0.3) is 5.76 Å². The number of carbonyl (C=O) groups is 2. The summed E-state index contributed by atoms with van der Waals surface area (Å²) in [5.74, 6) is -1.86. The number of rotatable bonds is 4. The molecule has 23 heavy (non-hydrogen) atoms. The van der Waals surface area contributed by atoms with Crippen LogP contribution < -0.4 is 5.11 Å². The molecule has 0 aliphatic carbocycles. The molecule has 2 heterocycles. The Morgan fingerprint density at radius 2 is 1.87 bits per heavy atom. The van der Waals surface area contributed by atoms with E-state index in [9.17, 15) is 14.7 Å². The molecule has 0 saturated heterocycles. The summed E-state index contributed by atoms with van der Waals surface area (Å²) in [6.07, 6.45) is 2.52. The van der Waals surface area contributed by atoms with Gasteiger partial charge in [0.25, 0.3) is 0 Å². The van der Waals surface area contributed by atoms with Crippen molar-refractivity contribution in [3.05, 3.63) is 52.8 Å². The molecule has 0 amide bonds. The van der Waals surface area contributed by atoms with Crippen molar-refractivity contribution in [1.29, 1.82) is 0 Å². The van der Waals surface area contributed by atoms with Gasteiger partial charge in [-0.1, -0.05) is 5.76 Å². The van der Waals surface area contributed by atoms with Crippen molar-refractivity contribution in [3.63, 3.8) is 0 Å². The van der Waals surface area contributed by atoms with Crippen molar-refractivity contribution >= 4 is 24.4 Å². The summed E-state index contributed by atoms with van der Waals surface area (Å²) in [4.78, 5) is 24.1. The van der Waals surface area contributed by atoms with Gasteiger partial charge >= 0.3 is 11.9 Å². The van der Waals surface area contributed by atoms with E-state index in [1.165, 1.54) is 31.1 Å². The molecule has 0 aromatic carbocycles. The zero-order chi connectivity index (χ0) is 17.1. The molecule has 0 atom stereocenters. The fourth-order valence-electron chi connectivity index (χ4n) is 2.18. The topological polar surface area (TPSA) is 91.8 Å². The molecular weight excluding hydrogens is 302 g/mol. The van der Waals surface area contributed by atoms with Crippen molar-refractivity contribution < 1.29 is 33.2 Å². The van der Waals surface area contributed by atoms with Crippen LogP contribution in [0.5, 0.6) is 0 Å². The average Bonchev–Trinajstić information content (AvgIpc) is 3.16. The van der Waals surface area contributed by atoms with Crippen LogP contribution in [0, 0.1) is 0 Å². The van der Waals surface area contributed by atoms with Crippen molar-refractivity contribution in [3.8, 4) is 0 Å². The van der Waals surface area contributed by atoms with Crippen LogP contribution in [0.1, 0.15) is 12.7 Å². The average molecular weight is 317 g/mol. The molecule has 120 valence electrons. The highest BCUT2D eigenvalue weighted by Crippen LogP contribution is 2.32. The van der Waals surface area contributed by atoms with Crippen molar-refractivity contribution in [2.24, 2.45) is 0 Å². The maximum atomic E-state index is 12.2. The van der Waals surface area contributed by atoms with Gasteiger partial charge in [-0.3, -0.25) is 0 Å². The van der Waals surface area contributed by atoms with Crippen molar-refractivity contribution in [1.82, 2.24) is 0 Å². The molecule has 0 radical (unpaired) electrons. The van der Waals surface area contributed by atoms with Crippen molar-refractivity contribution in [2.45, 2.75) is 6.92 Å². The van der Waals surface area contributed by atoms with Gasteiger partial charge in [-0.25, -0.2) is 9.59 Å². The number of ether oxygens (including phenoxy) is 2. The van der Waals surface area contributed by atoms with Crippen LogP contribution >= 0.6 is 0 Å². The highest BCUT2D eigenvalue weighted by molar-refractivity contribution is 6.08. The monoisotopic (exact) mass is 317 g/mol.